The summed E-state index contributed by atoms with van der Waals surface area (Å²) < 4.78 is 0. The summed E-state index contributed by atoms with van der Waals surface area (Å²) in [6.07, 6.45) is 2.04. The highest BCUT2D eigenvalue weighted by atomic mass is 35.5. The van der Waals surface area contributed by atoms with Gasteiger partial charge in [0, 0.05) is 17.6 Å². The van der Waals surface area contributed by atoms with Crippen LogP contribution in [0.3, 0.4) is 0 Å². The van der Waals surface area contributed by atoms with Gasteiger partial charge in [-0.2, -0.15) is 0 Å². The summed E-state index contributed by atoms with van der Waals surface area (Å²) in [6, 6.07) is 4.17. The Labute approximate surface area is 114 Å². The molecule has 2 N–H and O–H groups in total. The molecule has 0 radical (unpaired) electrons. The number of benzene rings is 1. The second-order valence-electron chi connectivity index (χ2n) is 4.71. The number of carboxylic acid groups (broad SMARTS) is 1. The molecule has 0 saturated heterocycles. The van der Waals surface area contributed by atoms with Crippen LogP contribution in [0.2, 0.25) is 5.02 Å². The molecule has 0 aromatic heterocycles. The largest absolute Gasteiger partial charge is 0.481 e. The number of nitrogens with one attached hydrogen (secondary N) is 1. The molecule has 6 nitrogen and oxygen atoms in total. The zero-order valence-electron chi connectivity index (χ0n) is 10.1. The van der Waals surface area contributed by atoms with E-state index in [0.717, 1.165) is 6.42 Å². The Morgan fingerprint density at radius 2 is 2.21 bits per heavy atom. The van der Waals surface area contributed by atoms with Crippen LogP contribution in [0.4, 0.5) is 11.4 Å². The van der Waals surface area contributed by atoms with Crippen molar-refractivity contribution in [1.29, 1.82) is 0 Å². The van der Waals surface area contributed by atoms with Crippen molar-refractivity contribution < 1.29 is 14.8 Å². The molecule has 19 heavy (non-hydrogen) atoms. The number of anilines is 1. The van der Waals surface area contributed by atoms with Crippen molar-refractivity contribution in [2.24, 2.45) is 5.41 Å². The lowest BCUT2D eigenvalue weighted by molar-refractivity contribution is -0.384. The van der Waals surface area contributed by atoms with E-state index in [0.29, 0.717) is 17.9 Å². The standard InChI is InChI=1S/C12H13ClN2O4/c13-8-2-3-10(15(18)19)9(6-8)14-7-12(11(16)17)4-1-5-12/h2-3,6,14H,1,4-5,7H2,(H,16,17). The Balaban J connectivity index is 2.17. The third kappa shape index (κ3) is 2.63. The average molecular weight is 285 g/mol. The van der Waals surface area contributed by atoms with E-state index in [1.807, 2.05) is 0 Å². The Morgan fingerprint density at radius 3 is 2.68 bits per heavy atom. The summed E-state index contributed by atoms with van der Waals surface area (Å²) >= 11 is 5.80. The molecular weight excluding hydrogens is 272 g/mol. The van der Waals surface area contributed by atoms with Crippen LogP contribution >= 0.6 is 11.6 Å². The van der Waals surface area contributed by atoms with Crippen LogP contribution in [-0.4, -0.2) is 22.5 Å². The molecule has 7 heteroatoms. The quantitative estimate of drug-likeness (QED) is 0.640. The molecule has 1 aliphatic rings. The van der Waals surface area contributed by atoms with E-state index in [2.05, 4.69) is 5.32 Å². The average Bonchev–Trinajstić information content (AvgIpc) is 2.26. The second-order valence-corrected chi connectivity index (χ2v) is 5.15. The molecular formula is C12H13ClN2O4. The highest BCUT2D eigenvalue weighted by Crippen LogP contribution is 2.41. The number of carboxylic acids is 1. The van der Waals surface area contributed by atoms with E-state index in [9.17, 15) is 20.0 Å². The summed E-state index contributed by atoms with van der Waals surface area (Å²) in [6.45, 7) is 0.170. The molecule has 1 aliphatic carbocycles. The number of halogens is 1. The van der Waals surface area contributed by atoms with Crippen molar-refractivity contribution in [3.63, 3.8) is 0 Å². The molecule has 1 saturated carbocycles. The van der Waals surface area contributed by atoms with Gasteiger partial charge in [0.1, 0.15) is 5.69 Å². The summed E-state index contributed by atoms with van der Waals surface area (Å²) in [5.74, 6) is -0.865. The van der Waals surface area contributed by atoms with E-state index < -0.39 is 16.3 Å². The highest BCUT2D eigenvalue weighted by Gasteiger charge is 2.44. The molecule has 0 unspecified atom stereocenters. The Hall–Kier alpha value is -1.82. The first-order valence-electron chi connectivity index (χ1n) is 5.86. The molecule has 2 rings (SSSR count). The molecule has 0 bridgehead atoms. The number of hydrogen-bond donors (Lipinski definition) is 2. The Morgan fingerprint density at radius 1 is 1.53 bits per heavy atom. The lowest BCUT2D eigenvalue weighted by Gasteiger charge is -2.37. The van der Waals surface area contributed by atoms with Gasteiger partial charge in [-0.25, -0.2) is 0 Å². The Kier molecular flexibility index (Phi) is 3.61. The van der Waals surface area contributed by atoms with E-state index in [4.69, 9.17) is 11.6 Å². The van der Waals surface area contributed by atoms with Crippen molar-refractivity contribution in [2.75, 3.05) is 11.9 Å². The van der Waals surface area contributed by atoms with Gasteiger partial charge < -0.3 is 10.4 Å². The zero-order valence-corrected chi connectivity index (χ0v) is 10.8. The minimum atomic E-state index is -0.865. The minimum Gasteiger partial charge on any atom is -0.481 e. The molecule has 0 aliphatic heterocycles. The number of nitro benzene ring substituents is 1. The van der Waals surface area contributed by atoms with E-state index in [-0.39, 0.29) is 17.9 Å². The molecule has 1 aromatic rings. The third-order valence-electron chi connectivity index (χ3n) is 3.54. The molecule has 0 spiro atoms. The minimum absolute atomic E-state index is 0.107. The third-order valence-corrected chi connectivity index (χ3v) is 3.77. The predicted molar refractivity (Wildman–Crippen MR) is 70.5 cm³/mol. The zero-order chi connectivity index (χ0) is 14.0. The van der Waals surface area contributed by atoms with Crippen molar-refractivity contribution in [3.05, 3.63) is 33.3 Å². The SMILES string of the molecule is O=C(O)C1(CNc2cc(Cl)ccc2[N+](=O)[O-])CCC1. The normalized spacial score (nSPS) is 16.5. The molecule has 0 atom stereocenters. The summed E-state index contributed by atoms with van der Waals surface area (Å²) in [5.41, 5.74) is -0.662. The first-order chi connectivity index (χ1) is 8.94. The van der Waals surface area contributed by atoms with Crippen LogP contribution in [0.5, 0.6) is 0 Å². The highest BCUT2D eigenvalue weighted by molar-refractivity contribution is 6.31. The van der Waals surface area contributed by atoms with Crippen molar-refractivity contribution in [1.82, 2.24) is 0 Å². The van der Waals surface area contributed by atoms with Crippen LogP contribution in [0.15, 0.2) is 18.2 Å². The summed E-state index contributed by atoms with van der Waals surface area (Å²) in [4.78, 5) is 21.6. The van der Waals surface area contributed by atoms with E-state index in [1.165, 1.54) is 18.2 Å². The van der Waals surface area contributed by atoms with Crippen LogP contribution in [0, 0.1) is 15.5 Å². The van der Waals surface area contributed by atoms with Crippen molar-refractivity contribution >= 4 is 28.9 Å². The summed E-state index contributed by atoms with van der Waals surface area (Å²) in [5, 5.41) is 23.3. The number of nitrogens with zero attached hydrogens (tertiary/aromatic N) is 1. The smallest absolute Gasteiger partial charge is 0.311 e. The van der Waals surface area contributed by atoms with Crippen LogP contribution in [-0.2, 0) is 4.79 Å². The monoisotopic (exact) mass is 284 g/mol. The maximum Gasteiger partial charge on any atom is 0.311 e. The molecule has 1 aromatic carbocycles. The maximum absolute atomic E-state index is 11.2. The second kappa shape index (κ2) is 5.05. The van der Waals surface area contributed by atoms with Crippen LogP contribution in [0.1, 0.15) is 19.3 Å². The number of aliphatic carboxylic acids is 1. The van der Waals surface area contributed by atoms with Crippen molar-refractivity contribution in [3.8, 4) is 0 Å². The lowest BCUT2D eigenvalue weighted by atomic mass is 9.69. The van der Waals surface area contributed by atoms with Gasteiger partial charge in [0.05, 0.1) is 10.3 Å². The van der Waals surface area contributed by atoms with Gasteiger partial charge in [-0.3, -0.25) is 14.9 Å². The number of carbonyl (C=O) groups is 1. The van der Waals surface area contributed by atoms with Gasteiger partial charge in [-0.05, 0) is 25.0 Å². The predicted octanol–water partition coefficient (Wildman–Crippen LogP) is 2.92. The first kappa shape index (κ1) is 13.6. The maximum atomic E-state index is 11.2. The summed E-state index contributed by atoms with van der Waals surface area (Å²) in [7, 11) is 0. The van der Waals surface area contributed by atoms with E-state index >= 15 is 0 Å². The van der Waals surface area contributed by atoms with Crippen LogP contribution < -0.4 is 5.32 Å². The fraction of sp³-hybridized carbons (Fsp3) is 0.417. The van der Waals surface area contributed by atoms with E-state index in [1.54, 1.807) is 0 Å². The van der Waals surface area contributed by atoms with Crippen molar-refractivity contribution in [2.45, 2.75) is 19.3 Å². The molecule has 0 amide bonds. The number of hydrogen-bond acceptors (Lipinski definition) is 4. The fourth-order valence-electron chi connectivity index (χ4n) is 2.14. The van der Waals surface area contributed by atoms with Gasteiger partial charge in [-0.15, -0.1) is 0 Å². The number of rotatable bonds is 5. The van der Waals surface area contributed by atoms with Gasteiger partial charge >= 0.3 is 5.97 Å². The lowest BCUT2D eigenvalue weighted by Crippen LogP contribution is -2.43. The van der Waals surface area contributed by atoms with Gasteiger partial charge in [0.2, 0.25) is 0 Å². The van der Waals surface area contributed by atoms with Crippen LogP contribution in [0.25, 0.3) is 0 Å². The first-order valence-corrected chi connectivity index (χ1v) is 6.24. The molecule has 1 fully saturated rings. The van der Waals surface area contributed by atoms with Gasteiger partial charge in [0.15, 0.2) is 0 Å². The topological polar surface area (TPSA) is 92.5 Å². The fourth-order valence-corrected chi connectivity index (χ4v) is 2.32. The van der Waals surface area contributed by atoms with Gasteiger partial charge in [-0.1, -0.05) is 18.0 Å². The molecule has 0 heterocycles. The Bertz CT molecular complexity index is 528. The number of nitro groups is 1. The molecule has 102 valence electrons. The van der Waals surface area contributed by atoms with Gasteiger partial charge in [0.25, 0.3) is 5.69 Å².